The number of nitrogens with zero attached hydrogens (tertiary/aromatic N) is 2. The van der Waals surface area contributed by atoms with E-state index in [-0.39, 0.29) is 23.4 Å². The summed E-state index contributed by atoms with van der Waals surface area (Å²) in [5, 5.41) is 0. The van der Waals surface area contributed by atoms with Gasteiger partial charge in [-0.1, -0.05) is 38.1 Å². The highest BCUT2D eigenvalue weighted by Gasteiger charge is 2.23. The van der Waals surface area contributed by atoms with E-state index in [1.165, 1.54) is 48.5 Å². The SMILES string of the molecule is CC.O=C(c1ccc(F)cc1)N1CCN(CCOC(c2ccc(F)cc2)c2ccc(F)cc2)CC1. The maximum absolute atomic E-state index is 13.4. The van der Waals surface area contributed by atoms with Crippen LogP contribution in [0.25, 0.3) is 0 Å². The normalized spacial score (nSPS) is 13.9. The Morgan fingerprint density at radius 2 is 1.17 bits per heavy atom. The highest BCUT2D eigenvalue weighted by Crippen LogP contribution is 2.26. The van der Waals surface area contributed by atoms with Gasteiger partial charge in [0.2, 0.25) is 0 Å². The molecule has 0 saturated carbocycles. The second kappa shape index (κ2) is 13.1. The fraction of sp³-hybridized carbons (Fsp3) is 0.321. The molecule has 3 aromatic carbocycles. The first-order valence-corrected chi connectivity index (χ1v) is 11.9. The van der Waals surface area contributed by atoms with Crippen molar-refractivity contribution in [2.75, 3.05) is 39.3 Å². The molecule has 1 aliphatic heterocycles. The molecule has 0 aromatic heterocycles. The molecule has 1 saturated heterocycles. The Hall–Kier alpha value is -3.16. The molecule has 0 bridgehead atoms. The number of rotatable bonds is 7. The zero-order valence-electron chi connectivity index (χ0n) is 20.1. The van der Waals surface area contributed by atoms with Crippen molar-refractivity contribution in [3.63, 3.8) is 0 Å². The van der Waals surface area contributed by atoms with Crippen LogP contribution in [0.15, 0.2) is 72.8 Å². The summed E-state index contributed by atoms with van der Waals surface area (Å²) in [7, 11) is 0. The van der Waals surface area contributed by atoms with Gasteiger partial charge in [-0.25, -0.2) is 13.2 Å². The largest absolute Gasteiger partial charge is 0.367 e. The van der Waals surface area contributed by atoms with Crippen LogP contribution in [0, 0.1) is 17.5 Å². The van der Waals surface area contributed by atoms with Crippen LogP contribution in [-0.4, -0.2) is 55.0 Å². The third-order valence-corrected chi connectivity index (χ3v) is 5.79. The highest BCUT2D eigenvalue weighted by molar-refractivity contribution is 5.94. The van der Waals surface area contributed by atoms with Crippen molar-refractivity contribution in [2.45, 2.75) is 20.0 Å². The molecule has 1 aliphatic rings. The first kappa shape index (κ1) is 26.4. The first-order valence-electron chi connectivity index (χ1n) is 11.9. The van der Waals surface area contributed by atoms with Crippen molar-refractivity contribution in [1.29, 1.82) is 0 Å². The van der Waals surface area contributed by atoms with E-state index in [0.29, 0.717) is 44.9 Å². The third kappa shape index (κ3) is 7.41. The van der Waals surface area contributed by atoms with Crippen molar-refractivity contribution >= 4 is 5.91 Å². The van der Waals surface area contributed by atoms with Gasteiger partial charge in [-0.05, 0) is 59.7 Å². The van der Waals surface area contributed by atoms with Crippen LogP contribution in [-0.2, 0) is 4.74 Å². The van der Waals surface area contributed by atoms with Gasteiger partial charge in [0, 0.05) is 38.3 Å². The van der Waals surface area contributed by atoms with Crippen LogP contribution in [0.3, 0.4) is 0 Å². The molecule has 0 unspecified atom stereocenters. The van der Waals surface area contributed by atoms with Crippen molar-refractivity contribution in [3.8, 4) is 0 Å². The van der Waals surface area contributed by atoms with Gasteiger partial charge in [0.1, 0.15) is 23.6 Å². The summed E-state index contributed by atoms with van der Waals surface area (Å²) in [5.74, 6) is -1.12. The van der Waals surface area contributed by atoms with Crippen LogP contribution in [0.5, 0.6) is 0 Å². The maximum Gasteiger partial charge on any atom is 0.253 e. The summed E-state index contributed by atoms with van der Waals surface area (Å²) in [6, 6.07) is 17.8. The second-order valence-electron chi connectivity index (χ2n) is 7.99. The summed E-state index contributed by atoms with van der Waals surface area (Å²) in [5.41, 5.74) is 2.06. The monoisotopic (exact) mass is 484 g/mol. The number of hydrogen-bond acceptors (Lipinski definition) is 3. The summed E-state index contributed by atoms with van der Waals surface area (Å²) >= 11 is 0. The van der Waals surface area contributed by atoms with Gasteiger partial charge >= 0.3 is 0 Å². The van der Waals surface area contributed by atoms with Gasteiger partial charge in [-0.3, -0.25) is 9.69 Å². The number of ether oxygens (including phenoxy) is 1. The van der Waals surface area contributed by atoms with E-state index >= 15 is 0 Å². The molecule has 1 amide bonds. The lowest BCUT2D eigenvalue weighted by Gasteiger charge is -2.35. The number of halogens is 3. The van der Waals surface area contributed by atoms with Gasteiger partial charge < -0.3 is 9.64 Å². The Labute approximate surface area is 204 Å². The van der Waals surface area contributed by atoms with Gasteiger partial charge in [0.15, 0.2) is 0 Å². The Morgan fingerprint density at radius 1 is 0.743 bits per heavy atom. The minimum Gasteiger partial charge on any atom is -0.367 e. The molecule has 4 nitrogen and oxygen atoms in total. The maximum atomic E-state index is 13.4. The number of benzene rings is 3. The lowest BCUT2D eigenvalue weighted by molar-refractivity contribution is 0.0408. The molecular formula is C28H31F3N2O2. The number of carbonyl (C=O) groups excluding carboxylic acids is 1. The molecule has 3 aromatic rings. The van der Waals surface area contributed by atoms with Crippen LogP contribution < -0.4 is 0 Å². The van der Waals surface area contributed by atoms with Gasteiger partial charge in [0.25, 0.3) is 5.91 Å². The Bertz CT molecular complexity index is 1000. The van der Waals surface area contributed by atoms with E-state index in [4.69, 9.17) is 4.74 Å². The molecule has 1 fully saturated rings. The molecule has 0 N–H and O–H groups in total. The number of hydrogen-bond donors (Lipinski definition) is 0. The van der Waals surface area contributed by atoms with Crippen LogP contribution in [0.2, 0.25) is 0 Å². The summed E-state index contributed by atoms with van der Waals surface area (Å²) in [4.78, 5) is 16.6. The molecule has 186 valence electrons. The average Bonchev–Trinajstić information content (AvgIpc) is 2.90. The Kier molecular flexibility index (Phi) is 9.87. The van der Waals surface area contributed by atoms with Crippen molar-refractivity contribution in [2.24, 2.45) is 0 Å². The molecule has 0 atom stereocenters. The minimum atomic E-state index is -0.437. The number of amides is 1. The molecule has 0 radical (unpaired) electrons. The Morgan fingerprint density at radius 3 is 1.63 bits per heavy atom. The quantitative estimate of drug-likeness (QED) is 0.432. The van der Waals surface area contributed by atoms with Crippen molar-refractivity contribution in [3.05, 3.63) is 107 Å². The van der Waals surface area contributed by atoms with E-state index in [2.05, 4.69) is 4.90 Å². The van der Waals surface area contributed by atoms with Crippen LogP contribution >= 0.6 is 0 Å². The number of piperazine rings is 1. The van der Waals surface area contributed by atoms with Gasteiger partial charge in [0.05, 0.1) is 6.61 Å². The summed E-state index contributed by atoms with van der Waals surface area (Å²) in [6.07, 6.45) is -0.437. The third-order valence-electron chi connectivity index (χ3n) is 5.79. The zero-order valence-corrected chi connectivity index (χ0v) is 20.1. The predicted octanol–water partition coefficient (Wildman–Crippen LogP) is 5.69. The molecule has 0 aliphatic carbocycles. The molecule has 4 rings (SSSR count). The zero-order chi connectivity index (χ0) is 25.2. The van der Waals surface area contributed by atoms with E-state index in [9.17, 15) is 18.0 Å². The Balaban J connectivity index is 0.00000167. The fourth-order valence-electron chi connectivity index (χ4n) is 3.91. The van der Waals surface area contributed by atoms with Crippen LogP contribution in [0.4, 0.5) is 13.2 Å². The second-order valence-corrected chi connectivity index (χ2v) is 7.99. The molecule has 0 spiro atoms. The predicted molar refractivity (Wildman–Crippen MR) is 131 cm³/mol. The van der Waals surface area contributed by atoms with E-state index in [1.807, 2.05) is 13.8 Å². The topological polar surface area (TPSA) is 32.8 Å². The standard InChI is InChI=1S/C26H25F3N2O2.C2H6/c27-22-7-1-19(2-8-22)25(20-3-9-23(28)10-4-20)33-18-17-30-13-15-31(16-14-30)26(32)21-5-11-24(29)12-6-21;1-2/h1-12,25H,13-18H2;1-2H3. The number of carbonyl (C=O) groups is 1. The minimum absolute atomic E-state index is 0.0985. The molecule has 35 heavy (non-hydrogen) atoms. The lowest BCUT2D eigenvalue weighted by Crippen LogP contribution is -2.49. The average molecular weight is 485 g/mol. The summed E-state index contributed by atoms with van der Waals surface area (Å²) in [6.45, 7) is 7.65. The van der Waals surface area contributed by atoms with E-state index in [0.717, 1.165) is 11.1 Å². The van der Waals surface area contributed by atoms with Crippen molar-refractivity contribution in [1.82, 2.24) is 9.80 Å². The first-order chi connectivity index (χ1) is 17.0. The van der Waals surface area contributed by atoms with E-state index in [1.54, 1.807) is 29.2 Å². The molecular weight excluding hydrogens is 453 g/mol. The van der Waals surface area contributed by atoms with Gasteiger partial charge in [-0.15, -0.1) is 0 Å². The summed E-state index contributed by atoms with van der Waals surface area (Å²) < 4.78 is 46.0. The fourth-order valence-corrected chi connectivity index (χ4v) is 3.91. The van der Waals surface area contributed by atoms with Gasteiger partial charge in [-0.2, -0.15) is 0 Å². The molecule has 1 heterocycles. The lowest BCUT2D eigenvalue weighted by atomic mass is 10.0. The van der Waals surface area contributed by atoms with Crippen molar-refractivity contribution < 1.29 is 22.7 Å². The molecule has 7 heteroatoms. The highest BCUT2D eigenvalue weighted by atomic mass is 19.1. The van der Waals surface area contributed by atoms with Crippen LogP contribution in [0.1, 0.15) is 41.4 Å². The smallest absolute Gasteiger partial charge is 0.253 e. The van der Waals surface area contributed by atoms with E-state index < -0.39 is 6.10 Å².